The molecule has 3 aliphatic rings. The van der Waals surface area contributed by atoms with E-state index in [1.54, 1.807) is 24.3 Å². The van der Waals surface area contributed by atoms with Gasteiger partial charge in [-0.05, 0) is 49.4 Å². The van der Waals surface area contributed by atoms with Crippen LogP contribution in [0.2, 0.25) is 0 Å². The second-order valence-electron chi connectivity index (χ2n) is 6.62. The van der Waals surface area contributed by atoms with Crippen LogP contribution in [0.5, 0.6) is 0 Å². The number of anilines is 1. The van der Waals surface area contributed by atoms with Crippen molar-refractivity contribution in [2.24, 2.45) is 23.7 Å². The Kier molecular flexibility index (Phi) is 3.54. The Labute approximate surface area is 150 Å². The average molecular weight is 441 g/mol. The molecule has 0 N–H and O–H groups in total. The molecule has 1 saturated heterocycles. The SMILES string of the molecule is CC(=O)c1ccc(N2C(=O)[C@@H]3[C@@H]4C[C@H]([C@H](Br)[C@@H]4Br)[C@@H]3C2=O)cc1. The van der Waals surface area contributed by atoms with Gasteiger partial charge in [0.1, 0.15) is 0 Å². The van der Waals surface area contributed by atoms with Crippen LogP contribution in [0.25, 0.3) is 0 Å². The Hall–Kier alpha value is -1.01. The van der Waals surface area contributed by atoms with Crippen molar-refractivity contribution < 1.29 is 14.4 Å². The number of hydrogen-bond donors (Lipinski definition) is 0. The van der Waals surface area contributed by atoms with Gasteiger partial charge < -0.3 is 0 Å². The number of carbonyl (C=O) groups is 3. The minimum atomic E-state index is -0.210. The van der Waals surface area contributed by atoms with E-state index in [1.807, 2.05) is 0 Å². The van der Waals surface area contributed by atoms with Crippen LogP contribution in [0.15, 0.2) is 24.3 Å². The Bertz CT molecular complexity index is 685. The highest BCUT2D eigenvalue weighted by molar-refractivity contribution is 9.12. The third-order valence-corrected chi connectivity index (χ3v) is 8.73. The summed E-state index contributed by atoms with van der Waals surface area (Å²) in [7, 11) is 0. The topological polar surface area (TPSA) is 54.5 Å². The van der Waals surface area contributed by atoms with Gasteiger partial charge in [0.05, 0.1) is 17.5 Å². The summed E-state index contributed by atoms with van der Waals surface area (Å²) in [6.07, 6.45) is 0.926. The van der Waals surface area contributed by atoms with Gasteiger partial charge in [-0.2, -0.15) is 0 Å². The van der Waals surface area contributed by atoms with E-state index >= 15 is 0 Å². The lowest BCUT2D eigenvalue weighted by molar-refractivity contribution is -0.123. The molecule has 1 aliphatic heterocycles. The summed E-state index contributed by atoms with van der Waals surface area (Å²) >= 11 is 7.36. The standard InChI is InChI=1S/C17H15Br2NO3/c1-7(21)8-2-4-9(5-3-8)20-16(22)12-10-6-11(13(12)17(20)23)15(19)14(10)18/h2-5,10-15H,6H2,1H3/t10-,11-,12-,13+,14-,15+/m0/s1. The fourth-order valence-electron chi connectivity index (χ4n) is 4.45. The zero-order chi connectivity index (χ0) is 16.5. The molecule has 2 amide bonds. The van der Waals surface area contributed by atoms with Gasteiger partial charge >= 0.3 is 0 Å². The first-order valence-electron chi connectivity index (χ1n) is 7.68. The number of halogens is 2. The maximum absolute atomic E-state index is 12.9. The van der Waals surface area contributed by atoms with Crippen molar-refractivity contribution >= 4 is 55.1 Å². The first-order chi connectivity index (χ1) is 10.9. The lowest BCUT2D eigenvalue weighted by Gasteiger charge is -2.28. The fourth-order valence-corrected chi connectivity index (χ4v) is 6.32. The van der Waals surface area contributed by atoms with Gasteiger partial charge in [-0.15, -0.1) is 0 Å². The molecule has 0 unspecified atom stereocenters. The number of rotatable bonds is 2. The van der Waals surface area contributed by atoms with E-state index in [0.717, 1.165) is 6.42 Å². The molecule has 0 aromatic heterocycles. The van der Waals surface area contributed by atoms with E-state index in [0.29, 0.717) is 11.3 Å². The Morgan fingerprint density at radius 1 is 1.00 bits per heavy atom. The maximum atomic E-state index is 12.9. The number of nitrogens with zero attached hydrogens (tertiary/aromatic N) is 1. The third-order valence-electron chi connectivity index (χ3n) is 5.52. The Morgan fingerprint density at radius 2 is 1.48 bits per heavy atom. The summed E-state index contributed by atoms with van der Waals surface area (Å²) in [6, 6.07) is 6.71. The maximum Gasteiger partial charge on any atom is 0.238 e. The van der Waals surface area contributed by atoms with Gasteiger partial charge in [0.25, 0.3) is 0 Å². The molecule has 1 heterocycles. The number of imide groups is 1. The number of hydrogen-bond acceptors (Lipinski definition) is 3. The highest BCUT2D eigenvalue weighted by Crippen LogP contribution is 2.60. The van der Waals surface area contributed by atoms with Gasteiger partial charge in [0.2, 0.25) is 11.8 Å². The molecule has 6 heteroatoms. The second-order valence-corrected chi connectivity index (χ2v) is 8.73. The summed E-state index contributed by atoms with van der Waals surface area (Å²) in [5.74, 6) is -0.204. The van der Waals surface area contributed by atoms with Crippen molar-refractivity contribution in [2.75, 3.05) is 4.90 Å². The smallest absolute Gasteiger partial charge is 0.238 e. The van der Waals surface area contributed by atoms with Crippen molar-refractivity contribution in [2.45, 2.75) is 23.0 Å². The molecule has 120 valence electrons. The summed E-state index contributed by atoms with van der Waals surface area (Å²) in [6.45, 7) is 1.50. The van der Waals surface area contributed by atoms with Gasteiger partial charge in [-0.25, -0.2) is 0 Å². The number of alkyl halides is 2. The second kappa shape index (κ2) is 5.24. The number of carbonyl (C=O) groups excluding carboxylic acids is 3. The largest absolute Gasteiger partial charge is 0.295 e. The quantitative estimate of drug-likeness (QED) is 0.403. The van der Waals surface area contributed by atoms with Crippen LogP contribution in [0.4, 0.5) is 5.69 Å². The predicted octanol–water partition coefficient (Wildman–Crippen LogP) is 3.17. The molecule has 2 saturated carbocycles. The molecule has 1 aromatic carbocycles. The van der Waals surface area contributed by atoms with Gasteiger partial charge in [0.15, 0.2) is 5.78 Å². The fraction of sp³-hybridized carbons (Fsp3) is 0.471. The molecule has 23 heavy (non-hydrogen) atoms. The van der Waals surface area contributed by atoms with E-state index in [-0.39, 0.29) is 50.9 Å². The first-order valence-corrected chi connectivity index (χ1v) is 9.52. The summed E-state index contributed by atoms with van der Waals surface area (Å²) in [4.78, 5) is 38.9. The molecule has 0 radical (unpaired) electrons. The lowest BCUT2D eigenvalue weighted by atomic mass is 9.81. The van der Waals surface area contributed by atoms with Crippen molar-refractivity contribution in [3.05, 3.63) is 29.8 Å². The van der Waals surface area contributed by atoms with Crippen LogP contribution in [0.1, 0.15) is 23.7 Å². The third kappa shape index (κ3) is 2.03. The molecular weight excluding hydrogens is 426 g/mol. The number of ketones is 1. The van der Waals surface area contributed by atoms with Gasteiger partial charge in [-0.3, -0.25) is 19.3 Å². The van der Waals surface area contributed by atoms with Crippen molar-refractivity contribution in [1.29, 1.82) is 0 Å². The molecular formula is C17H15Br2NO3. The first kappa shape index (κ1) is 15.5. The summed E-state index contributed by atoms with van der Waals surface area (Å²) in [5.41, 5.74) is 1.14. The van der Waals surface area contributed by atoms with E-state index in [4.69, 9.17) is 0 Å². The Balaban J connectivity index is 1.68. The minimum Gasteiger partial charge on any atom is -0.295 e. The van der Waals surface area contributed by atoms with Crippen LogP contribution < -0.4 is 4.90 Å². The van der Waals surface area contributed by atoms with Gasteiger partial charge in [0, 0.05) is 15.2 Å². The van der Waals surface area contributed by atoms with Gasteiger partial charge in [-0.1, -0.05) is 31.9 Å². The number of fused-ring (bicyclic) bond motifs is 5. The molecule has 0 spiro atoms. The van der Waals surface area contributed by atoms with Crippen LogP contribution >= 0.6 is 31.9 Å². The number of Topliss-reactive ketones (excluding diaryl/α,β-unsaturated/α-hetero) is 1. The van der Waals surface area contributed by atoms with Crippen LogP contribution in [0.3, 0.4) is 0 Å². The number of amides is 2. The lowest BCUT2D eigenvalue weighted by Crippen LogP contribution is -2.37. The predicted molar refractivity (Wildman–Crippen MR) is 92.9 cm³/mol. The van der Waals surface area contributed by atoms with E-state index < -0.39 is 0 Å². The monoisotopic (exact) mass is 439 g/mol. The Morgan fingerprint density at radius 3 is 1.91 bits per heavy atom. The number of benzene rings is 1. The van der Waals surface area contributed by atoms with Crippen LogP contribution in [-0.4, -0.2) is 27.3 Å². The zero-order valence-corrected chi connectivity index (χ0v) is 15.6. The summed E-state index contributed by atoms with van der Waals surface area (Å²) in [5, 5.41) is 0. The van der Waals surface area contributed by atoms with Crippen LogP contribution in [0, 0.1) is 23.7 Å². The van der Waals surface area contributed by atoms with Crippen molar-refractivity contribution in [1.82, 2.24) is 0 Å². The molecule has 2 bridgehead atoms. The molecule has 4 nitrogen and oxygen atoms in total. The average Bonchev–Trinajstić information content (AvgIpc) is 3.12. The molecule has 1 aromatic rings. The molecule has 4 rings (SSSR count). The van der Waals surface area contributed by atoms with Crippen LogP contribution in [-0.2, 0) is 9.59 Å². The normalized spacial score (nSPS) is 38.3. The van der Waals surface area contributed by atoms with Crippen molar-refractivity contribution in [3.63, 3.8) is 0 Å². The molecule has 6 atom stereocenters. The van der Waals surface area contributed by atoms with E-state index in [9.17, 15) is 14.4 Å². The zero-order valence-electron chi connectivity index (χ0n) is 12.4. The molecule has 2 aliphatic carbocycles. The van der Waals surface area contributed by atoms with E-state index in [1.165, 1.54) is 11.8 Å². The summed E-state index contributed by atoms with van der Waals surface area (Å²) < 4.78 is 0. The van der Waals surface area contributed by atoms with E-state index in [2.05, 4.69) is 31.9 Å². The minimum absolute atomic E-state index is 0.0326. The van der Waals surface area contributed by atoms with Crippen molar-refractivity contribution in [3.8, 4) is 0 Å². The highest BCUT2D eigenvalue weighted by Gasteiger charge is 2.66. The molecule has 3 fully saturated rings. The highest BCUT2D eigenvalue weighted by atomic mass is 79.9.